The van der Waals surface area contributed by atoms with E-state index in [4.69, 9.17) is 10.5 Å². The Kier molecular flexibility index (Phi) is 3.76. The van der Waals surface area contributed by atoms with Gasteiger partial charge in [0.2, 0.25) is 0 Å². The third kappa shape index (κ3) is 2.34. The topological polar surface area (TPSA) is 60.2 Å². The van der Waals surface area contributed by atoms with Crippen LogP contribution < -0.4 is 15.8 Å². The number of anilines is 2. The van der Waals surface area contributed by atoms with Gasteiger partial charge in [-0.3, -0.25) is 0 Å². The average molecular weight is 255 g/mol. The maximum Gasteiger partial charge on any atom is 0.197 e. The van der Waals surface area contributed by atoms with E-state index in [1.54, 1.807) is 7.11 Å². The molecule has 17 heavy (non-hydrogen) atoms. The van der Waals surface area contributed by atoms with Crippen molar-refractivity contribution >= 4 is 22.4 Å². The number of rotatable bonds is 4. The summed E-state index contributed by atoms with van der Waals surface area (Å²) < 4.78 is 9.40. The molecular weight excluding hydrogens is 234 g/mol. The molecule has 0 saturated heterocycles. The molecule has 0 aromatic carbocycles. The minimum absolute atomic E-state index is 0.484. The maximum atomic E-state index is 5.75. The highest BCUT2D eigenvalue weighted by Crippen LogP contribution is 2.40. The molecule has 0 radical (unpaired) electrons. The molecule has 1 aliphatic carbocycles. The molecule has 0 bridgehead atoms. The summed E-state index contributed by atoms with van der Waals surface area (Å²) in [5.41, 5.74) is 5.75. The number of methoxy groups -OCH3 is 1. The summed E-state index contributed by atoms with van der Waals surface area (Å²) >= 11 is 1.39. The number of aromatic nitrogens is 1. The molecule has 0 spiro atoms. The van der Waals surface area contributed by atoms with Crippen molar-refractivity contribution in [1.29, 1.82) is 0 Å². The van der Waals surface area contributed by atoms with Crippen molar-refractivity contribution in [2.24, 2.45) is 11.8 Å². The molecule has 3 atom stereocenters. The summed E-state index contributed by atoms with van der Waals surface area (Å²) in [6.45, 7) is 4.60. The number of nitrogens with zero attached hydrogens (tertiary/aromatic N) is 1. The minimum atomic E-state index is 0.484. The standard InChI is InChI=1S/C12H21N3OS/c1-4-8-5-6-9(7(8)2)14-12-10(16-3)11(13)15-17-12/h7-9,14H,4-6H2,1-3H3,(H2,13,15). The van der Waals surface area contributed by atoms with Gasteiger partial charge in [-0.05, 0) is 36.2 Å². The van der Waals surface area contributed by atoms with Gasteiger partial charge in [-0.2, -0.15) is 4.37 Å². The van der Waals surface area contributed by atoms with Crippen molar-refractivity contribution in [2.45, 2.75) is 39.2 Å². The van der Waals surface area contributed by atoms with E-state index >= 15 is 0 Å². The molecule has 2 rings (SSSR count). The van der Waals surface area contributed by atoms with Crippen LogP contribution in [0.5, 0.6) is 5.75 Å². The fraction of sp³-hybridized carbons (Fsp3) is 0.750. The first-order chi connectivity index (χ1) is 8.17. The van der Waals surface area contributed by atoms with Crippen LogP contribution in [-0.2, 0) is 0 Å². The van der Waals surface area contributed by atoms with Crippen molar-refractivity contribution in [3.63, 3.8) is 0 Å². The average Bonchev–Trinajstić information content (AvgIpc) is 2.84. The Morgan fingerprint density at radius 3 is 2.88 bits per heavy atom. The van der Waals surface area contributed by atoms with Crippen molar-refractivity contribution in [3.05, 3.63) is 0 Å². The number of ether oxygens (including phenoxy) is 1. The Bertz CT molecular complexity index is 380. The summed E-state index contributed by atoms with van der Waals surface area (Å²) in [6, 6.07) is 0.522. The highest BCUT2D eigenvalue weighted by Gasteiger charge is 2.32. The van der Waals surface area contributed by atoms with Gasteiger partial charge >= 0.3 is 0 Å². The van der Waals surface area contributed by atoms with Gasteiger partial charge < -0.3 is 15.8 Å². The van der Waals surface area contributed by atoms with Gasteiger partial charge in [0, 0.05) is 6.04 Å². The summed E-state index contributed by atoms with van der Waals surface area (Å²) in [4.78, 5) is 0. The van der Waals surface area contributed by atoms with Gasteiger partial charge in [0.25, 0.3) is 0 Å². The second-order valence-electron chi connectivity index (χ2n) is 4.79. The zero-order chi connectivity index (χ0) is 12.4. The monoisotopic (exact) mass is 255 g/mol. The predicted octanol–water partition coefficient (Wildman–Crippen LogP) is 2.97. The normalized spacial score (nSPS) is 28.3. The van der Waals surface area contributed by atoms with Crippen LogP contribution in [0.25, 0.3) is 0 Å². The summed E-state index contributed by atoms with van der Waals surface area (Å²) in [7, 11) is 1.64. The zero-order valence-electron chi connectivity index (χ0n) is 10.7. The predicted molar refractivity (Wildman–Crippen MR) is 72.7 cm³/mol. The first kappa shape index (κ1) is 12.5. The summed E-state index contributed by atoms with van der Waals surface area (Å²) in [6.07, 6.45) is 3.80. The molecule has 1 heterocycles. The van der Waals surface area contributed by atoms with E-state index in [0.717, 1.165) is 10.9 Å². The van der Waals surface area contributed by atoms with Crippen LogP contribution in [0.2, 0.25) is 0 Å². The van der Waals surface area contributed by atoms with E-state index in [1.165, 1.54) is 30.8 Å². The Morgan fingerprint density at radius 1 is 1.53 bits per heavy atom. The van der Waals surface area contributed by atoms with Crippen LogP contribution in [0.15, 0.2) is 0 Å². The van der Waals surface area contributed by atoms with E-state index in [9.17, 15) is 0 Å². The molecule has 3 unspecified atom stereocenters. The minimum Gasteiger partial charge on any atom is -0.490 e. The molecule has 1 aromatic rings. The van der Waals surface area contributed by atoms with Crippen LogP contribution in [-0.4, -0.2) is 17.5 Å². The van der Waals surface area contributed by atoms with Crippen LogP contribution in [0.3, 0.4) is 0 Å². The smallest absolute Gasteiger partial charge is 0.197 e. The molecule has 4 nitrogen and oxygen atoms in total. The lowest BCUT2D eigenvalue weighted by atomic mass is 9.93. The van der Waals surface area contributed by atoms with E-state index < -0.39 is 0 Å². The Hall–Kier alpha value is -0.970. The molecule has 1 fully saturated rings. The first-order valence-corrected chi connectivity index (χ1v) is 7.00. The van der Waals surface area contributed by atoms with Crippen LogP contribution in [0.4, 0.5) is 10.8 Å². The van der Waals surface area contributed by atoms with Crippen LogP contribution in [0, 0.1) is 11.8 Å². The van der Waals surface area contributed by atoms with E-state index in [0.29, 0.717) is 23.5 Å². The Morgan fingerprint density at radius 2 is 2.29 bits per heavy atom. The highest BCUT2D eigenvalue weighted by atomic mass is 32.1. The van der Waals surface area contributed by atoms with Gasteiger partial charge in [0.1, 0.15) is 0 Å². The van der Waals surface area contributed by atoms with E-state index in [1.807, 2.05) is 0 Å². The summed E-state index contributed by atoms with van der Waals surface area (Å²) in [5, 5.41) is 4.52. The van der Waals surface area contributed by atoms with Crippen molar-refractivity contribution in [3.8, 4) is 5.75 Å². The second kappa shape index (κ2) is 5.12. The molecular formula is C12H21N3OS. The second-order valence-corrected chi connectivity index (χ2v) is 5.56. The molecule has 96 valence electrons. The summed E-state index contributed by atoms with van der Waals surface area (Å²) in [5.74, 6) is 2.72. The van der Waals surface area contributed by atoms with Gasteiger partial charge in [-0.15, -0.1) is 0 Å². The zero-order valence-corrected chi connectivity index (χ0v) is 11.5. The molecule has 1 saturated carbocycles. The molecule has 0 amide bonds. The molecule has 0 aliphatic heterocycles. The number of hydrogen-bond donors (Lipinski definition) is 2. The molecule has 1 aromatic heterocycles. The van der Waals surface area contributed by atoms with Crippen molar-refractivity contribution in [2.75, 3.05) is 18.2 Å². The van der Waals surface area contributed by atoms with Gasteiger partial charge in [0.05, 0.1) is 7.11 Å². The largest absolute Gasteiger partial charge is 0.490 e. The lowest BCUT2D eigenvalue weighted by Crippen LogP contribution is -2.24. The molecule has 5 heteroatoms. The van der Waals surface area contributed by atoms with E-state index in [2.05, 4.69) is 23.5 Å². The SMILES string of the molecule is CCC1CCC(Nc2snc(N)c2OC)C1C. The van der Waals surface area contributed by atoms with Gasteiger partial charge in [-0.25, -0.2) is 0 Å². The maximum absolute atomic E-state index is 5.75. The Balaban J connectivity index is 2.06. The van der Waals surface area contributed by atoms with Crippen LogP contribution in [0.1, 0.15) is 33.1 Å². The fourth-order valence-electron chi connectivity index (χ4n) is 2.78. The number of nitrogen functional groups attached to an aromatic ring is 1. The highest BCUT2D eigenvalue weighted by molar-refractivity contribution is 7.11. The number of nitrogens with one attached hydrogen (secondary N) is 1. The first-order valence-electron chi connectivity index (χ1n) is 6.23. The number of nitrogens with two attached hydrogens (primary N) is 1. The number of hydrogen-bond acceptors (Lipinski definition) is 5. The lowest BCUT2D eigenvalue weighted by molar-refractivity contribution is 0.390. The Labute approximate surface area is 107 Å². The van der Waals surface area contributed by atoms with Crippen molar-refractivity contribution in [1.82, 2.24) is 4.37 Å². The molecule has 1 aliphatic rings. The van der Waals surface area contributed by atoms with Gasteiger partial charge in [-0.1, -0.05) is 20.3 Å². The third-order valence-corrected chi connectivity index (χ3v) is 4.72. The fourth-order valence-corrected chi connectivity index (χ4v) is 3.53. The lowest BCUT2D eigenvalue weighted by Gasteiger charge is -2.21. The molecule has 3 N–H and O–H groups in total. The quantitative estimate of drug-likeness (QED) is 0.868. The van der Waals surface area contributed by atoms with E-state index in [-0.39, 0.29) is 0 Å². The van der Waals surface area contributed by atoms with Crippen LogP contribution >= 0.6 is 11.5 Å². The van der Waals surface area contributed by atoms with Crippen molar-refractivity contribution < 1.29 is 4.74 Å². The third-order valence-electron chi connectivity index (χ3n) is 3.95. The van der Waals surface area contributed by atoms with Gasteiger partial charge in [0.15, 0.2) is 16.6 Å².